The second kappa shape index (κ2) is 10.9. The molecule has 31 heavy (non-hydrogen) atoms. The molecule has 1 amide bonds. The fraction of sp³-hybridized carbons (Fsp3) is 0.0870. The number of halogens is 2. The van der Waals surface area contributed by atoms with E-state index < -0.39 is 5.97 Å². The minimum absolute atomic E-state index is 0.306. The summed E-state index contributed by atoms with van der Waals surface area (Å²) in [5.41, 5.74) is 3.82. The van der Waals surface area contributed by atoms with E-state index in [1.165, 1.54) is 6.21 Å². The molecule has 0 radical (unpaired) electrons. The third kappa shape index (κ3) is 6.26. The number of esters is 1. The van der Waals surface area contributed by atoms with Crippen molar-refractivity contribution in [1.82, 2.24) is 5.43 Å². The zero-order chi connectivity index (χ0) is 22.2. The molecule has 0 heterocycles. The van der Waals surface area contributed by atoms with Gasteiger partial charge in [0.2, 0.25) is 0 Å². The number of ether oxygens (including phenoxy) is 2. The summed E-state index contributed by atoms with van der Waals surface area (Å²) in [7, 11) is 0. The molecule has 0 bridgehead atoms. The number of hydrogen-bond donors (Lipinski definition) is 1. The normalized spacial score (nSPS) is 10.7. The van der Waals surface area contributed by atoms with Crippen LogP contribution in [0.5, 0.6) is 11.5 Å². The molecular formula is C23H18Br2N2O4. The van der Waals surface area contributed by atoms with Gasteiger partial charge in [0, 0.05) is 14.5 Å². The topological polar surface area (TPSA) is 77.0 Å². The van der Waals surface area contributed by atoms with Crippen molar-refractivity contribution in [2.24, 2.45) is 5.10 Å². The molecule has 0 spiro atoms. The van der Waals surface area contributed by atoms with Gasteiger partial charge in [0.25, 0.3) is 5.91 Å². The number of hydrogen-bond acceptors (Lipinski definition) is 5. The molecule has 3 rings (SSSR count). The van der Waals surface area contributed by atoms with Gasteiger partial charge in [-0.25, -0.2) is 10.2 Å². The Balaban J connectivity index is 1.72. The third-order valence-corrected chi connectivity index (χ3v) is 5.25. The smallest absolute Gasteiger partial charge is 0.343 e. The van der Waals surface area contributed by atoms with Crippen molar-refractivity contribution in [2.75, 3.05) is 6.61 Å². The number of benzene rings is 3. The van der Waals surface area contributed by atoms with E-state index in [0.29, 0.717) is 39.3 Å². The summed E-state index contributed by atoms with van der Waals surface area (Å²) < 4.78 is 12.4. The molecule has 0 aliphatic heterocycles. The number of amides is 1. The van der Waals surface area contributed by atoms with Crippen LogP contribution >= 0.6 is 31.9 Å². The molecule has 0 aliphatic rings. The molecule has 0 atom stereocenters. The third-order valence-electron chi connectivity index (χ3n) is 4.06. The summed E-state index contributed by atoms with van der Waals surface area (Å²) >= 11 is 6.72. The molecule has 6 nitrogen and oxygen atoms in total. The van der Waals surface area contributed by atoms with Crippen LogP contribution in [-0.2, 0) is 0 Å². The quantitative estimate of drug-likeness (QED) is 0.182. The highest BCUT2D eigenvalue weighted by Crippen LogP contribution is 2.23. The van der Waals surface area contributed by atoms with Gasteiger partial charge in [0.1, 0.15) is 11.5 Å². The highest BCUT2D eigenvalue weighted by Gasteiger charge is 2.12. The molecular weight excluding hydrogens is 528 g/mol. The first-order valence-corrected chi connectivity index (χ1v) is 10.9. The molecule has 3 aromatic carbocycles. The molecule has 3 aromatic rings. The van der Waals surface area contributed by atoms with Crippen LogP contribution in [0.4, 0.5) is 0 Å². The van der Waals surface area contributed by atoms with Crippen molar-refractivity contribution < 1.29 is 19.1 Å². The van der Waals surface area contributed by atoms with Gasteiger partial charge in [0.15, 0.2) is 0 Å². The Bertz CT molecular complexity index is 1110. The molecule has 8 heteroatoms. The summed E-state index contributed by atoms with van der Waals surface area (Å²) in [6.45, 7) is 2.43. The van der Waals surface area contributed by atoms with Crippen LogP contribution in [0.1, 0.15) is 33.2 Å². The van der Waals surface area contributed by atoms with E-state index >= 15 is 0 Å². The molecule has 0 aromatic heterocycles. The van der Waals surface area contributed by atoms with Gasteiger partial charge >= 0.3 is 5.97 Å². The van der Waals surface area contributed by atoms with E-state index in [1.54, 1.807) is 60.7 Å². The number of nitrogens with zero attached hydrogens (tertiary/aromatic N) is 1. The molecule has 0 unspecified atom stereocenters. The Morgan fingerprint density at radius 1 is 1.03 bits per heavy atom. The van der Waals surface area contributed by atoms with Crippen LogP contribution < -0.4 is 14.9 Å². The van der Waals surface area contributed by atoms with E-state index in [9.17, 15) is 9.59 Å². The molecule has 0 aliphatic carbocycles. The zero-order valence-corrected chi connectivity index (χ0v) is 19.6. The van der Waals surface area contributed by atoms with Gasteiger partial charge in [-0.15, -0.1) is 0 Å². The lowest BCUT2D eigenvalue weighted by atomic mass is 10.2. The predicted molar refractivity (Wildman–Crippen MR) is 126 cm³/mol. The van der Waals surface area contributed by atoms with Crippen LogP contribution in [0, 0.1) is 0 Å². The van der Waals surface area contributed by atoms with E-state index in [4.69, 9.17) is 9.47 Å². The minimum Gasteiger partial charge on any atom is -0.494 e. The van der Waals surface area contributed by atoms with Crippen molar-refractivity contribution in [1.29, 1.82) is 0 Å². The highest BCUT2D eigenvalue weighted by atomic mass is 79.9. The Hall–Kier alpha value is -2.97. The SMILES string of the molecule is CCOc1ccc(C(=O)Oc2ccc(Br)cc2/C=N\NC(=O)c2ccccc2Br)cc1. The molecule has 1 N–H and O–H groups in total. The predicted octanol–water partition coefficient (Wildman–Crippen LogP) is 5.59. The molecule has 0 saturated carbocycles. The van der Waals surface area contributed by atoms with E-state index in [-0.39, 0.29) is 5.91 Å². The fourth-order valence-electron chi connectivity index (χ4n) is 2.59. The second-order valence-electron chi connectivity index (χ2n) is 6.21. The van der Waals surface area contributed by atoms with Gasteiger partial charge in [-0.05, 0) is 77.5 Å². The van der Waals surface area contributed by atoms with Gasteiger partial charge in [0.05, 0.1) is 23.9 Å². The molecule has 0 fully saturated rings. The van der Waals surface area contributed by atoms with Crippen LogP contribution in [0.3, 0.4) is 0 Å². The average molecular weight is 546 g/mol. The number of carbonyl (C=O) groups excluding carboxylic acids is 2. The number of carbonyl (C=O) groups is 2. The van der Waals surface area contributed by atoms with Crippen molar-refractivity contribution in [3.63, 3.8) is 0 Å². The van der Waals surface area contributed by atoms with Crippen molar-refractivity contribution in [3.05, 3.63) is 92.4 Å². The summed E-state index contributed by atoms with van der Waals surface area (Å²) in [6.07, 6.45) is 1.42. The first kappa shape index (κ1) is 22.7. The highest BCUT2D eigenvalue weighted by molar-refractivity contribution is 9.10. The minimum atomic E-state index is -0.516. The van der Waals surface area contributed by atoms with Crippen molar-refractivity contribution >= 4 is 50.0 Å². The number of rotatable bonds is 7. The fourth-order valence-corrected chi connectivity index (χ4v) is 3.44. The summed E-state index contributed by atoms with van der Waals surface area (Å²) in [4.78, 5) is 24.8. The van der Waals surface area contributed by atoms with E-state index in [2.05, 4.69) is 42.4 Å². The largest absolute Gasteiger partial charge is 0.494 e. The van der Waals surface area contributed by atoms with Gasteiger partial charge in [-0.3, -0.25) is 4.79 Å². The lowest BCUT2D eigenvalue weighted by molar-refractivity contribution is 0.0734. The zero-order valence-electron chi connectivity index (χ0n) is 16.5. The first-order chi connectivity index (χ1) is 15.0. The second-order valence-corrected chi connectivity index (χ2v) is 7.98. The van der Waals surface area contributed by atoms with Crippen LogP contribution in [0.25, 0.3) is 0 Å². The maximum Gasteiger partial charge on any atom is 0.343 e. The van der Waals surface area contributed by atoms with Gasteiger partial charge < -0.3 is 9.47 Å². The average Bonchev–Trinajstić information content (AvgIpc) is 2.76. The lowest BCUT2D eigenvalue weighted by Gasteiger charge is -2.09. The number of hydrazone groups is 1. The monoisotopic (exact) mass is 544 g/mol. The summed E-state index contributed by atoms with van der Waals surface area (Å²) in [6, 6.07) is 18.8. The van der Waals surface area contributed by atoms with Crippen LogP contribution in [0.15, 0.2) is 80.8 Å². The van der Waals surface area contributed by atoms with Crippen LogP contribution in [0.2, 0.25) is 0 Å². The van der Waals surface area contributed by atoms with Gasteiger partial charge in [-0.1, -0.05) is 28.1 Å². The summed E-state index contributed by atoms with van der Waals surface area (Å²) in [5, 5.41) is 4.00. The molecule has 0 saturated heterocycles. The van der Waals surface area contributed by atoms with Crippen molar-refractivity contribution in [2.45, 2.75) is 6.92 Å². The van der Waals surface area contributed by atoms with Crippen molar-refractivity contribution in [3.8, 4) is 11.5 Å². The van der Waals surface area contributed by atoms with E-state index in [0.717, 1.165) is 4.47 Å². The molecule has 158 valence electrons. The Labute approximate surface area is 196 Å². The number of nitrogens with one attached hydrogen (secondary N) is 1. The Kier molecular flexibility index (Phi) is 7.97. The lowest BCUT2D eigenvalue weighted by Crippen LogP contribution is -2.18. The Morgan fingerprint density at radius 2 is 1.77 bits per heavy atom. The van der Waals surface area contributed by atoms with E-state index in [1.807, 2.05) is 13.0 Å². The maximum absolute atomic E-state index is 12.5. The Morgan fingerprint density at radius 3 is 2.48 bits per heavy atom. The maximum atomic E-state index is 12.5. The van der Waals surface area contributed by atoms with Gasteiger partial charge in [-0.2, -0.15) is 5.10 Å². The first-order valence-electron chi connectivity index (χ1n) is 9.30. The van der Waals surface area contributed by atoms with Crippen LogP contribution in [-0.4, -0.2) is 24.7 Å². The summed E-state index contributed by atoms with van der Waals surface area (Å²) in [5.74, 6) is 0.0983. The standard InChI is InChI=1S/C23H18Br2N2O4/c1-2-30-18-10-7-15(8-11-18)23(29)31-21-12-9-17(24)13-16(21)14-26-27-22(28)19-5-3-4-6-20(19)25/h3-14H,2H2,1H3,(H,27,28)/b26-14-.